The first kappa shape index (κ1) is 15.9. The molecule has 0 saturated carbocycles. The number of hydrogen-bond donors (Lipinski definition) is 1. The normalized spacial score (nSPS) is 19.6. The quantitative estimate of drug-likeness (QED) is 0.533. The number of hydrogen-bond acceptors (Lipinski definition) is 4. The van der Waals surface area contributed by atoms with Gasteiger partial charge < -0.3 is 5.32 Å². The van der Waals surface area contributed by atoms with Crippen molar-refractivity contribution >= 4 is 44.5 Å². The van der Waals surface area contributed by atoms with Crippen LogP contribution in [0.25, 0.3) is 0 Å². The third-order valence-corrected chi connectivity index (χ3v) is 5.35. The number of halogens is 3. The van der Waals surface area contributed by atoms with Gasteiger partial charge in [0.2, 0.25) is 5.95 Å². The average Bonchev–Trinajstić information content (AvgIpc) is 3.05. The predicted molar refractivity (Wildman–Crippen MR) is 100 cm³/mol. The largest absolute Gasteiger partial charge is 0.346 e. The Kier molecular flexibility index (Phi) is 4.25. The smallest absolute Gasteiger partial charge is 0.243 e. The summed E-state index contributed by atoms with van der Waals surface area (Å²) in [6.45, 7) is 0. The molecule has 122 valence electrons. The molecule has 0 bridgehead atoms. The fourth-order valence-electron chi connectivity index (χ4n) is 2.98. The van der Waals surface area contributed by atoms with Gasteiger partial charge in [0, 0.05) is 13.6 Å². The third kappa shape index (κ3) is 2.92. The first-order chi connectivity index (χ1) is 11.6. The van der Waals surface area contributed by atoms with E-state index in [0.717, 1.165) is 10.0 Å². The van der Waals surface area contributed by atoms with Gasteiger partial charge in [-0.3, -0.25) is 0 Å². The maximum Gasteiger partial charge on any atom is 0.243 e. The van der Waals surface area contributed by atoms with Crippen molar-refractivity contribution in [3.63, 3.8) is 0 Å². The van der Waals surface area contributed by atoms with E-state index in [2.05, 4.69) is 83.6 Å². The third-order valence-electron chi connectivity index (χ3n) is 4.14. The number of fused-ring (bicyclic) bond motifs is 1. The van der Waals surface area contributed by atoms with Crippen LogP contribution in [-0.2, 0) is 0 Å². The molecule has 2 aromatic carbocycles. The molecule has 4 rings (SSSR count). The summed E-state index contributed by atoms with van der Waals surface area (Å²) >= 11 is 5.69. The molecule has 3 aromatic rings. The molecule has 1 aromatic heterocycles. The molecule has 0 radical (unpaired) electrons. The summed E-state index contributed by atoms with van der Waals surface area (Å²) in [5, 5.41) is 15.1. The minimum absolute atomic E-state index is 0.0175. The summed E-state index contributed by atoms with van der Waals surface area (Å²) in [7, 11) is 0. The van der Waals surface area contributed by atoms with Crippen LogP contribution in [0.5, 0.6) is 0 Å². The van der Waals surface area contributed by atoms with E-state index in [1.54, 1.807) is 16.8 Å². The van der Waals surface area contributed by atoms with E-state index in [1.807, 2.05) is 0 Å². The average molecular weight is 500 g/mol. The Balaban J connectivity index is 1.76. The molecule has 1 aliphatic heterocycles. The van der Waals surface area contributed by atoms with Crippen LogP contribution in [0, 0.1) is 9.39 Å². The Morgan fingerprint density at radius 3 is 2.79 bits per heavy atom. The molecule has 8 heteroatoms. The molecule has 24 heavy (non-hydrogen) atoms. The molecule has 0 spiro atoms. The van der Waals surface area contributed by atoms with Gasteiger partial charge in [-0.15, -0.1) is 0 Å². The van der Waals surface area contributed by atoms with Crippen LogP contribution in [0.2, 0.25) is 0 Å². The fraction of sp³-hybridized carbons (Fsp3) is 0.188. The highest BCUT2D eigenvalue weighted by molar-refractivity contribution is 14.1. The van der Waals surface area contributed by atoms with Gasteiger partial charge in [0.25, 0.3) is 0 Å². The van der Waals surface area contributed by atoms with Crippen molar-refractivity contribution < 1.29 is 4.39 Å². The van der Waals surface area contributed by atoms with Crippen LogP contribution >= 0.6 is 38.5 Å². The summed E-state index contributed by atoms with van der Waals surface area (Å²) < 4.78 is 18.1. The van der Waals surface area contributed by atoms with Gasteiger partial charge in [0.05, 0.1) is 12.1 Å². The number of rotatable bonds is 2. The molecule has 0 aliphatic carbocycles. The maximum absolute atomic E-state index is 14.4. The van der Waals surface area contributed by atoms with E-state index in [0.29, 0.717) is 17.9 Å². The topological polar surface area (TPSA) is 55.6 Å². The van der Waals surface area contributed by atoms with E-state index in [9.17, 15) is 4.39 Å². The maximum atomic E-state index is 14.4. The van der Waals surface area contributed by atoms with E-state index in [4.69, 9.17) is 0 Å². The van der Waals surface area contributed by atoms with Crippen molar-refractivity contribution in [2.75, 3.05) is 5.32 Å². The molecule has 1 N–H and O–H groups in total. The van der Waals surface area contributed by atoms with Crippen LogP contribution in [0.1, 0.15) is 29.6 Å². The number of nitrogens with one attached hydrogen (secondary N) is 1. The SMILES string of the molecule is Fc1ccc(Br)cc1[C@H]1C[C@H](c2ccc(I)cc2)Nc2nnnn21. The predicted octanol–water partition coefficient (Wildman–Crippen LogP) is 4.33. The van der Waals surface area contributed by atoms with Crippen molar-refractivity contribution in [3.8, 4) is 0 Å². The summed E-state index contributed by atoms with van der Waals surface area (Å²) in [6.07, 6.45) is 0.659. The zero-order valence-corrected chi connectivity index (χ0v) is 16.1. The van der Waals surface area contributed by atoms with Crippen LogP contribution in [-0.4, -0.2) is 20.2 Å². The number of tetrazole rings is 1. The van der Waals surface area contributed by atoms with E-state index in [1.165, 1.54) is 9.64 Å². The Bertz CT molecular complexity index is 882. The minimum atomic E-state index is -0.266. The van der Waals surface area contributed by atoms with Gasteiger partial charge in [0.1, 0.15) is 5.82 Å². The monoisotopic (exact) mass is 499 g/mol. The molecule has 1 aliphatic rings. The highest BCUT2D eigenvalue weighted by Crippen LogP contribution is 2.38. The van der Waals surface area contributed by atoms with Gasteiger partial charge in [-0.05, 0) is 75.3 Å². The van der Waals surface area contributed by atoms with Crippen molar-refractivity contribution in [3.05, 3.63) is 67.5 Å². The zero-order valence-electron chi connectivity index (χ0n) is 12.3. The van der Waals surface area contributed by atoms with E-state index < -0.39 is 0 Å². The molecule has 2 atom stereocenters. The second kappa shape index (κ2) is 6.40. The molecule has 0 saturated heterocycles. The molecule has 0 fully saturated rings. The van der Waals surface area contributed by atoms with Crippen LogP contribution < -0.4 is 5.32 Å². The number of nitrogens with zero attached hydrogens (tertiary/aromatic N) is 4. The van der Waals surface area contributed by atoms with Gasteiger partial charge >= 0.3 is 0 Å². The summed E-state index contributed by atoms with van der Waals surface area (Å²) in [5.41, 5.74) is 1.71. The van der Waals surface area contributed by atoms with E-state index in [-0.39, 0.29) is 17.9 Å². The van der Waals surface area contributed by atoms with Crippen molar-refractivity contribution in [2.45, 2.75) is 18.5 Å². The van der Waals surface area contributed by atoms with Gasteiger partial charge in [-0.1, -0.05) is 33.2 Å². The standard InChI is InChI=1S/C16H12BrFIN5/c17-10-3-6-13(18)12(7-10)15-8-14(9-1-4-11(19)5-2-9)20-16-21-22-23-24(15)16/h1-7,14-15H,8H2,(H,20,21,23)/t14-,15-/m1/s1. The Labute approximate surface area is 159 Å². The Morgan fingerprint density at radius 2 is 2.00 bits per heavy atom. The lowest BCUT2D eigenvalue weighted by Gasteiger charge is -2.31. The van der Waals surface area contributed by atoms with Crippen LogP contribution in [0.4, 0.5) is 10.3 Å². The second-order valence-electron chi connectivity index (χ2n) is 5.61. The summed E-state index contributed by atoms with van der Waals surface area (Å²) in [6, 6.07) is 13.0. The molecule has 2 heterocycles. The lowest BCUT2D eigenvalue weighted by Crippen LogP contribution is -2.28. The minimum Gasteiger partial charge on any atom is -0.346 e. The summed E-state index contributed by atoms with van der Waals surface area (Å²) in [4.78, 5) is 0. The van der Waals surface area contributed by atoms with E-state index >= 15 is 0 Å². The molecular weight excluding hydrogens is 488 g/mol. The second-order valence-corrected chi connectivity index (χ2v) is 7.77. The van der Waals surface area contributed by atoms with Crippen molar-refractivity contribution in [2.24, 2.45) is 0 Å². The molecule has 5 nitrogen and oxygen atoms in total. The van der Waals surface area contributed by atoms with Crippen LogP contribution in [0.15, 0.2) is 46.9 Å². The lowest BCUT2D eigenvalue weighted by atomic mass is 9.93. The first-order valence-electron chi connectivity index (χ1n) is 7.36. The van der Waals surface area contributed by atoms with Gasteiger partial charge in [0.15, 0.2) is 0 Å². The lowest BCUT2D eigenvalue weighted by molar-refractivity contribution is 0.409. The highest BCUT2D eigenvalue weighted by Gasteiger charge is 2.32. The molecule has 0 amide bonds. The van der Waals surface area contributed by atoms with Crippen LogP contribution in [0.3, 0.4) is 0 Å². The number of anilines is 1. The first-order valence-corrected chi connectivity index (χ1v) is 9.24. The van der Waals surface area contributed by atoms with Crippen molar-refractivity contribution in [1.29, 1.82) is 0 Å². The number of benzene rings is 2. The fourth-order valence-corrected chi connectivity index (χ4v) is 3.72. The highest BCUT2D eigenvalue weighted by atomic mass is 127. The van der Waals surface area contributed by atoms with Gasteiger partial charge in [-0.25, -0.2) is 9.07 Å². The summed E-state index contributed by atoms with van der Waals surface area (Å²) in [5.74, 6) is 0.294. The Morgan fingerprint density at radius 1 is 1.21 bits per heavy atom. The number of aromatic nitrogens is 4. The zero-order chi connectivity index (χ0) is 16.7. The van der Waals surface area contributed by atoms with Crippen molar-refractivity contribution in [1.82, 2.24) is 20.2 Å². The molecular formula is C16H12BrFIN5. The molecule has 0 unspecified atom stereocenters. The Hall–Kier alpha value is -1.55. The van der Waals surface area contributed by atoms with Gasteiger partial charge in [-0.2, -0.15) is 0 Å².